The van der Waals surface area contributed by atoms with E-state index in [1.807, 2.05) is 28.2 Å². The lowest BCUT2D eigenvalue weighted by Crippen LogP contribution is -2.02. The van der Waals surface area contributed by atoms with Crippen molar-refractivity contribution < 1.29 is 4.79 Å². The van der Waals surface area contributed by atoms with Crippen LogP contribution >= 0.6 is 0 Å². The SMILES string of the molecule is CN(C)N=CC=C1CCC(=CC=NN(C)C)C1=O. The lowest BCUT2D eigenvalue weighted by molar-refractivity contribution is -0.111. The van der Waals surface area contributed by atoms with Gasteiger partial charge >= 0.3 is 0 Å². The molecule has 0 unspecified atom stereocenters. The van der Waals surface area contributed by atoms with E-state index in [0.29, 0.717) is 0 Å². The van der Waals surface area contributed by atoms with Crippen molar-refractivity contribution in [1.29, 1.82) is 0 Å². The number of allylic oxidation sites excluding steroid dienone is 4. The second kappa shape index (κ2) is 6.74. The summed E-state index contributed by atoms with van der Waals surface area (Å²) in [4.78, 5) is 12.0. The van der Waals surface area contributed by atoms with Crippen molar-refractivity contribution in [2.75, 3.05) is 28.2 Å². The maximum Gasteiger partial charge on any atom is 0.185 e. The highest BCUT2D eigenvalue weighted by molar-refractivity contribution is 6.13. The molecule has 18 heavy (non-hydrogen) atoms. The highest BCUT2D eigenvalue weighted by Gasteiger charge is 2.21. The summed E-state index contributed by atoms with van der Waals surface area (Å²) in [6, 6.07) is 0. The lowest BCUT2D eigenvalue weighted by Gasteiger charge is -2.00. The van der Waals surface area contributed by atoms with E-state index >= 15 is 0 Å². The van der Waals surface area contributed by atoms with Crippen LogP contribution in [0.2, 0.25) is 0 Å². The van der Waals surface area contributed by atoms with E-state index in [2.05, 4.69) is 10.2 Å². The standard InChI is InChI=1S/C13H20N4O/c1-16(2)14-9-7-11-5-6-12(13(11)18)8-10-15-17(3)4/h7-10H,5-6H2,1-4H3. The Labute approximate surface area is 108 Å². The summed E-state index contributed by atoms with van der Waals surface area (Å²) < 4.78 is 0. The van der Waals surface area contributed by atoms with E-state index in [1.165, 1.54) is 0 Å². The fourth-order valence-electron chi connectivity index (χ4n) is 1.53. The van der Waals surface area contributed by atoms with Crippen LogP contribution in [-0.2, 0) is 4.79 Å². The van der Waals surface area contributed by atoms with Crippen LogP contribution in [0.4, 0.5) is 0 Å². The zero-order valence-electron chi connectivity index (χ0n) is 11.4. The Kier molecular flexibility index (Phi) is 5.30. The van der Waals surface area contributed by atoms with E-state index in [4.69, 9.17) is 0 Å². The minimum absolute atomic E-state index is 0.102. The molecule has 0 N–H and O–H groups in total. The molecule has 98 valence electrons. The Morgan fingerprint density at radius 1 is 0.889 bits per heavy atom. The summed E-state index contributed by atoms with van der Waals surface area (Å²) in [5, 5.41) is 11.5. The summed E-state index contributed by atoms with van der Waals surface area (Å²) in [6.45, 7) is 0. The molecule has 5 heteroatoms. The zero-order chi connectivity index (χ0) is 13.5. The molecule has 1 fully saturated rings. The molecule has 0 aromatic rings. The molecule has 1 rings (SSSR count). The average Bonchev–Trinajstić information content (AvgIpc) is 2.60. The molecule has 0 aliphatic heterocycles. The van der Waals surface area contributed by atoms with Gasteiger partial charge in [0.25, 0.3) is 0 Å². The van der Waals surface area contributed by atoms with Crippen LogP contribution in [0.15, 0.2) is 33.5 Å². The zero-order valence-corrected chi connectivity index (χ0v) is 11.4. The molecule has 0 saturated heterocycles. The number of ketones is 1. The molecular formula is C13H20N4O. The van der Waals surface area contributed by atoms with Crippen LogP contribution < -0.4 is 0 Å². The van der Waals surface area contributed by atoms with Crippen LogP contribution in [-0.4, -0.2) is 56.4 Å². The van der Waals surface area contributed by atoms with Gasteiger partial charge in [0.15, 0.2) is 5.78 Å². The molecule has 0 bridgehead atoms. The Bertz CT molecular complexity index is 379. The number of rotatable bonds is 4. The maximum absolute atomic E-state index is 12.0. The van der Waals surface area contributed by atoms with Crippen molar-refractivity contribution in [3.05, 3.63) is 23.3 Å². The van der Waals surface area contributed by atoms with E-state index < -0.39 is 0 Å². The fraction of sp³-hybridized carbons (Fsp3) is 0.462. The first-order valence-corrected chi connectivity index (χ1v) is 5.86. The van der Waals surface area contributed by atoms with Crippen molar-refractivity contribution in [2.24, 2.45) is 10.2 Å². The normalized spacial score (nSPS) is 20.8. The van der Waals surface area contributed by atoms with Crippen molar-refractivity contribution in [1.82, 2.24) is 10.0 Å². The first-order valence-electron chi connectivity index (χ1n) is 5.86. The number of Topliss-reactive ketones (excluding diaryl/α,β-unsaturated/α-hetero) is 1. The van der Waals surface area contributed by atoms with Gasteiger partial charge in [-0.3, -0.25) is 4.79 Å². The summed E-state index contributed by atoms with van der Waals surface area (Å²) >= 11 is 0. The molecular weight excluding hydrogens is 228 g/mol. The van der Waals surface area contributed by atoms with Gasteiger partial charge in [0, 0.05) is 51.8 Å². The largest absolute Gasteiger partial charge is 0.303 e. The third-order valence-corrected chi connectivity index (χ3v) is 2.39. The fourth-order valence-corrected chi connectivity index (χ4v) is 1.53. The number of hydrazone groups is 2. The Morgan fingerprint density at radius 3 is 1.61 bits per heavy atom. The van der Waals surface area contributed by atoms with Gasteiger partial charge in [-0.15, -0.1) is 0 Å². The maximum atomic E-state index is 12.0. The topological polar surface area (TPSA) is 48.3 Å². The molecule has 0 atom stereocenters. The molecule has 1 aliphatic carbocycles. The number of nitrogens with zero attached hydrogens (tertiary/aromatic N) is 4. The van der Waals surface area contributed by atoms with Gasteiger partial charge in [0.2, 0.25) is 0 Å². The summed E-state index contributed by atoms with van der Waals surface area (Å²) in [5.74, 6) is 0.102. The predicted octanol–water partition coefficient (Wildman–Crippen LogP) is 1.30. The summed E-state index contributed by atoms with van der Waals surface area (Å²) in [7, 11) is 7.37. The lowest BCUT2D eigenvalue weighted by atomic mass is 10.1. The van der Waals surface area contributed by atoms with E-state index in [9.17, 15) is 4.79 Å². The van der Waals surface area contributed by atoms with Gasteiger partial charge in [-0.2, -0.15) is 10.2 Å². The molecule has 5 nitrogen and oxygen atoms in total. The van der Waals surface area contributed by atoms with Crippen molar-refractivity contribution in [2.45, 2.75) is 12.8 Å². The van der Waals surface area contributed by atoms with Crippen molar-refractivity contribution in [3.8, 4) is 0 Å². The summed E-state index contributed by atoms with van der Waals surface area (Å²) in [5.41, 5.74) is 1.62. The minimum atomic E-state index is 0.102. The average molecular weight is 248 g/mol. The van der Waals surface area contributed by atoms with Gasteiger partial charge in [0.1, 0.15) is 0 Å². The van der Waals surface area contributed by atoms with Gasteiger partial charge in [-0.05, 0) is 25.0 Å². The third kappa shape index (κ3) is 4.53. The van der Waals surface area contributed by atoms with Gasteiger partial charge in [-0.1, -0.05) is 0 Å². The second-order valence-electron chi connectivity index (χ2n) is 4.44. The third-order valence-electron chi connectivity index (χ3n) is 2.39. The molecule has 0 amide bonds. The predicted molar refractivity (Wildman–Crippen MR) is 74.8 cm³/mol. The smallest absolute Gasteiger partial charge is 0.185 e. The number of hydrogen-bond donors (Lipinski definition) is 0. The number of carbonyl (C=O) groups is 1. The molecule has 1 aliphatic rings. The second-order valence-corrected chi connectivity index (χ2v) is 4.44. The first-order chi connectivity index (χ1) is 8.50. The molecule has 0 aromatic heterocycles. The molecule has 0 spiro atoms. The van der Waals surface area contributed by atoms with Gasteiger partial charge in [0.05, 0.1) is 0 Å². The van der Waals surface area contributed by atoms with Crippen LogP contribution in [0.1, 0.15) is 12.8 Å². The van der Waals surface area contributed by atoms with Crippen LogP contribution in [0.25, 0.3) is 0 Å². The van der Waals surface area contributed by atoms with E-state index in [1.54, 1.807) is 34.6 Å². The Morgan fingerprint density at radius 2 is 1.28 bits per heavy atom. The van der Waals surface area contributed by atoms with Crippen molar-refractivity contribution >= 4 is 18.2 Å². The van der Waals surface area contributed by atoms with Crippen LogP contribution in [0, 0.1) is 0 Å². The Hall–Kier alpha value is -1.91. The Balaban J connectivity index is 2.67. The molecule has 0 radical (unpaired) electrons. The summed E-state index contributed by atoms with van der Waals surface area (Å²) in [6.07, 6.45) is 8.44. The highest BCUT2D eigenvalue weighted by Crippen LogP contribution is 2.25. The monoisotopic (exact) mass is 248 g/mol. The highest BCUT2D eigenvalue weighted by atomic mass is 16.1. The van der Waals surface area contributed by atoms with Crippen LogP contribution in [0.5, 0.6) is 0 Å². The van der Waals surface area contributed by atoms with E-state index in [-0.39, 0.29) is 5.78 Å². The minimum Gasteiger partial charge on any atom is -0.303 e. The van der Waals surface area contributed by atoms with Crippen molar-refractivity contribution in [3.63, 3.8) is 0 Å². The molecule has 0 aromatic carbocycles. The van der Waals surface area contributed by atoms with Gasteiger partial charge < -0.3 is 10.0 Å². The van der Waals surface area contributed by atoms with Crippen LogP contribution in [0.3, 0.4) is 0 Å². The number of hydrogen-bond acceptors (Lipinski definition) is 5. The molecule has 0 heterocycles. The van der Waals surface area contributed by atoms with Gasteiger partial charge in [-0.25, -0.2) is 0 Å². The quantitative estimate of drug-likeness (QED) is 0.428. The molecule has 1 saturated carbocycles. The number of carbonyl (C=O) groups excluding carboxylic acids is 1. The first kappa shape index (κ1) is 14.2. The van der Waals surface area contributed by atoms with E-state index in [0.717, 1.165) is 24.0 Å².